The van der Waals surface area contributed by atoms with Crippen LogP contribution < -0.4 is 10.2 Å². The van der Waals surface area contributed by atoms with Gasteiger partial charge in [-0.05, 0) is 47.6 Å². The Morgan fingerprint density at radius 1 is 1.19 bits per heavy atom. The maximum atomic E-state index is 14.3. The number of rotatable bonds is 6. The molecule has 0 heterocycles. The molecule has 4 nitrogen and oxygen atoms in total. The molecular weight excluding hydrogens is 274 g/mol. The van der Waals surface area contributed by atoms with Gasteiger partial charge in [0.05, 0.1) is 17.3 Å². The Labute approximate surface area is 126 Å². The Balaban J connectivity index is 3.01. The molecule has 0 saturated heterocycles. The quantitative estimate of drug-likeness (QED) is 0.787. The topological polar surface area (TPSA) is 58.9 Å². The summed E-state index contributed by atoms with van der Waals surface area (Å²) in [6.45, 7) is 9.96. The van der Waals surface area contributed by atoms with E-state index in [2.05, 4.69) is 0 Å². The van der Waals surface area contributed by atoms with E-state index >= 15 is 0 Å². The summed E-state index contributed by atoms with van der Waals surface area (Å²) in [6.07, 6.45) is -0.180. The molecule has 1 aromatic rings. The SMILES string of the molecule is CC(C)Oc1cccc(B(O)OC(C)(C)C(C)(C)O)c1F. The van der Waals surface area contributed by atoms with E-state index in [0.717, 1.165) is 0 Å². The third kappa shape index (κ3) is 4.43. The zero-order valence-electron chi connectivity index (χ0n) is 13.5. The molecule has 1 aromatic carbocycles. The van der Waals surface area contributed by atoms with Crippen molar-refractivity contribution in [2.24, 2.45) is 0 Å². The first-order valence-electron chi connectivity index (χ1n) is 6.99. The normalized spacial score (nSPS) is 12.7. The summed E-state index contributed by atoms with van der Waals surface area (Å²) in [5, 5.41) is 20.2. The first kappa shape index (κ1) is 17.9. The van der Waals surface area contributed by atoms with E-state index in [-0.39, 0.29) is 17.3 Å². The van der Waals surface area contributed by atoms with E-state index < -0.39 is 24.1 Å². The zero-order valence-corrected chi connectivity index (χ0v) is 13.5. The summed E-state index contributed by atoms with van der Waals surface area (Å²) in [5.41, 5.74) is -2.28. The zero-order chi connectivity index (χ0) is 16.4. The molecule has 118 valence electrons. The third-order valence-corrected chi connectivity index (χ3v) is 3.50. The molecule has 6 heteroatoms. The molecule has 0 aromatic heterocycles. The van der Waals surface area contributed by atoms with E-state index in [4.69, 9.17) is 9.39 Å². The predicted molar refractivity (Wildman–Crippen MR) is 81.2 cm³/mol. The van der Waals surface area contributed by atoms with Gasteiger partial charge in [0.1, 0.15) is 0 Å². The Bertz CT molecular complexity index is 483. The molecule has 21 heavy (non-hydrogen) atoms. The van der Waals surface area contributed by atoms with Gasteiger partial charge in [-0.1, -0.05) is 12.1 Å². The van der Waals surface area contributed by atoms with Gasteiger partial charge in [-0.2, -0.15) is 0 Å². The third-order valence-electron chi connectivity index (χ3n) is 3.50. The van der Waals surface area contributed by atoms with Crippen LogP contribution in [0.25, 0.3) is 0 Å². The second-order valence-corrected chi connectivity index (χ2v) is 6.37. The Kier molecular flexibility index (Phi) is 5.42. The minimum absolute atomic E-state index is 0.0227. The van der Waals surface area contributed by atoms with Crippen molar-refractivity contribution >= 4 is 12.6 Å². The van der Waals surface area contributed by atoms with Crippen LogP contribution in [-0.4, -0.2) is 34.6 Å². The number of benzene rings is 1. The van der Waals surface area contributed by atoms with Crippen LogP contribution in [0.1, 0.15) is 41.5 Å². The van der Waals surface area contributed by atoms with E-state index in [1.54, 1.807) is 47.6 Å². The summed E-state index contributed by atoms with van der Waals surface area (Å²) in [6, 6.07) is 4.50. The lowest BCUT2D eigenvalue weighted by atomic mass is 9.76. The van der Waals surface area contributed by atoms with Crippen molar-refractivity contribution < 1.29 is 23.9 Å². The van der Waals surface area contributed by atoms with Crippen molar-refractivity contribution in [3.05, 3.63) is 24.0 Å². The molecule has 2 N–H and O–H groups in total. The fourth-order valence-electron chi connectivity index (χ4n) is 1.55. The van der Waals surface area contributed by atoms with E-state index in [1.165, 1.54) is 12.1 Å². The average Bonchev–Trinajstić information content (AvgIpc) is 2.29. The molecule has 0 atom stereocenters. The lowest BCUT2D eigenvalue weighted by Gasteiger charge is -2.38. The van der Waals surface area contributed by atoms with Crippen LogP contribution in [0.4, 0.5) is 4.39 Å². The highest BCUT2D eigenvalue weighted by Crippen LogP contribution is 2.26. The van der Waals surface area contributed by atoms with Crippen LogP contribution >= 0.6 is 0 Å². The summed E-state index contributed by atoms with van der Waals surface area (Å²) in [5.74, 6) is -0.600. The predicted octanol–water partition coefficient (Wildman–Crippen LogP) is 1.87. The smallest absolute Gasteiger partial charge is 0.488 e. The van der Waals surface area contributed by atoms with Crippen LogP contribution in [0.5, 0.6) is 5.75 Å². The van der Waals surface area contributed by atoms with Gasteiger partial charge in [-0.3, -0.25) is 0 Å². The molecule has 0 aliphatic heterocycles. The highest BCUT2D eigenvalue weighted by atomic mass is 19.1. The maximum Gasteiger partial charge on any atom is 0.494 e. The number of hydrogen-bond donors (Lipinski definition) is 2. The Hall–Kier alpha value is -1.11. The van der Waals surface area contributed by atoms with Gasteiger partial charge >= 0.3 is 7.12 Å². The fourth-order valence-corrected chi connectivity index (χ4v) is 1.55. The van der Waals surface area contributed by atoms with Crippen molar-refractivity contribution in [2.45, 2.75) is 58.8 Å². The van der Waals surface area contributed by atoms with E-state index in [1.807, 2.05) is 0 Å². The van der Waals surface area contributed by atoms with Crippen molar-refractivity contribution in [3.8, 4) is 5.75 Å². The summed E-state index contributed by atoms with van der Waals surface area (Å²) >= 11 is 0. The maximum absolute atomic E-state index is 14.3. The number of halogens is 1. The average molecular weight is 298 g/mol. The first-order chi connectivity index (χ1) is 9.45. The molecule has 0 bridgehead atoms. The van der Waals surface area contributed by atoms with Crippen molar-refractivity contribution in [1.29, 1.82) is 0 Å². The minimum atomic E-state index is -1.50. The molecule has 0 aliphatic rings. The van der Waals surface area contributed by atoms with Crippen LogP contribution in [0.2, 0.25) is 0 Å². The lowest BCUT2D eigenvalue weighted by Crippen LogP contribution is -2.53. The first-order valence-corrected chi connectivity index (χ1v) is 6.99. The Morgan fingerprint density at radius 2 is 1.76 bits per heavy atom. The number of hydrogen-bond acceptors (Lipinski definition) is 4. The lowest BCUT2D eigenvalue weighted by molar-refractivity contribution is -0.0983. The van der Waals surface area contributed by atoms with Gasteiger partial charge in [-0.15, -0.1) is 0 Å². The van der Waals surface area contributed by atoms with Crippen LogP contribution in [-0.2, 0) is 4.65 Å². The van der Waals surface area contributed by atoms with Gasteiger partial charge in [0.25, 0.3) is 0 Å². The fraction of sp³-hybridized carbons (Fsp3) is 0.600. The molecule has 0 fully saturated rings. The van der Waals surface area contributed by atoms with Crippen LogP contribution in [0.15, 0.2) is 18.2 Å². The molecule has 1 rings (SSSR count). The molecule has 0 aliphatic carbocycles. The summed E-state index contributed by atoms with van der Waals surface area (Å²) < 4.78 is 25.1. The second kappa shape index (κ2) is 6.34. The largest absolute Gasteiger partial charge is 0.494 e. The molecule has 0 unspecified atom stereocenters. The van der Waals surface area contributed by atoms with Gasteiger partial charge in [0.2, 0.25) is 0 Å². The highest BCUT2D eigenvalue weighted by molar-refractivity contribution is 6.60. The Morgan fingerprint density at radius 3 is 2.24 bits per heavy atom. The molecule has 0 amide bonds. The van der Waals surface area contributed by atoms with Gasteiger partial charge in [0, 0.05) is 5.46 Å². The molecular formula is C15H24BFO4. The number of ether oxygens (including phenoxy) is 1. The minimum Gasteiger partial charge on any atom is -0.488 e. The second-order valence-electron chi connectivity index (χ2n) is 6.37. The van der Waals surface area contributed by atoms with E-state index in [9.17, 15) is 14.5 Å². The standard InChI is InChI=1S/C15H24BFO4/c1-10(2)20-12-9-7-8-11(13(12)17)16(19)21-15(5,6)14(3,4)18/h7-10,18-19H,1-6H3. The summed E-state index contributed by atoms with van der Waals surface area (Å²) in [4.78, 5) is 0. The molecule has 0 spiro atoms. The molecule has 0 saturated carbocycles. The van der Waals surface area contributed by atoms with Gasteiger partial charge < -0.3 is 19.5 Å². The monoisotopic (exact) mass is 298 g/mol. The van der Waals surface area contributed by atoms with Crippen molar-refractivity contribution in [1.82, 2.24) is 0 Å². The van der Waals surface area contributed by atoms with Crippen molar-refractivity contribution in [2.75, 3.05) is 0 Å². The van der Waals surface area contributed by atoms with Gasteiger partial charge in [0.15, 0.2) is 11.6 Å². The van der Waals surface area contributed by atoms with Crippen LogP contribution in [0.3, 0.4) is 0 Å². The van der Waals surface area contributed by atoms with E-state index in [0.29, 0.717) is 0 Å². The molecule has 0 radical (unpaired) electrons. The van der Waals surface area contributed by atoms with Gasteiger partial charge in [-0.25, -0.2) is 4.39 Å². The van der Waals surface area contributed by atoms with Crippen molar-refractivity contribution in [3.63, 3.8) is 0 Å². The number of aliphatic hydroxyl groups is 1. The highest BCUT2D eigenvalue weighted by Gasteiger charge is 2.40. The van der Waals surface area contributed by atoms with Crippen LogP contribution in [0, 0.1) is 5.82 Å². The summed E-state index contributed by atoms with van der Waals surface area (Å²) in [7, 11) is -1.50.